The lowest BCUT2D eigenvalue weighted by Crippen LogP contribution is -2.02. The van der Waals surface area contributed by atoms with Crippen LogP contribution >= 0.6 is 0 Å². The molecule has 0 rings (SSSR count). The van der Waals surface area contributed by atoms with Crippen molar-refractivity contribution in [3.8, 4) is 0 Å². The first-order chi connectivity index (χ1) is 4.74. The minimum Gasteiger partial charge on any atom is -0.404 e. The lowest BCUT2D eigenvalue weighted by molar-refractivity contribution is 1.00. The molecule has 0 saturated heterocycles. The van der Waals surface area contributed by atoms with Crippen LogP contribution in [0.5, 0.6) is 0 Å². The van der Waals surface area contributed by atoms with Gasteiger partial charge in [0.2, 0.25) is 0 Å². The third-order valence-electron chi connectivity index (χ3n) is 1.41. The standard InChI is InChI=1S/C8H16N2/c1-3-8(6-10)4-7(2)5-9/h4-5H,3,6,9-10H2,1-2H3/b7-5-,8-4-. The molecule has 0 aliphatic rings. The van der Waals surface area contributed by atoms with E-state index < -0.39 is 0 Å². The van der Waals surface area contributed by atoms with Gasteiger partial charge in [0.15, 0.2) is 0 Å². The van der Waals surface area contributed by atoms with Gasteiger partial charge in [-0.15, -0.1) is 0 Å². The van der Waals surface area contributed by atoms with Crippen molar-refractivity contribution < 1.29 is 0 Å². The van der Waals surface area contributed by atoms with Crippen molar-refractivity contribution in [3.05, 3.63) is 23.4 Å². The van der Waals surface area contributed by atoms with Crippen LogP contribution in [0.25, 0.3) is 0 Å². The molecule has 0 fully saturated rings. The predicted molar refractivity (Wildman–Crippen MR) is 45.4 cm³/mol. The Bertz CT molecular complexity index is 139. The molecular formula is C8H16N2. The van der Waals surface area contributed by atoms with E-state index >= 15 is 0 Å². The molecular weight excluding hydrogens is 124 g/mol. The Morgan fingerprint density at radius 1 is 1.50 bits per heavy atom. The van der Waals surface area contributed by atoms with E-state index in [-0.39, 0.29) is 0 Å². The van der Waals surface area contributed by atoms with E-state index in [9.17, 15) is 0 Å². The summed E-state index contributed by atoms with van der Waals surface area (Å²) in [5, 5.41) is 0. The Balaban J connectivity index is 4.10. The molecule has 2 nitrogen and oxygen atoms in total. The van der Waals surface area contributed by atoms with Crippen LogP contribution in [-0.2, 0) is 0 Å². The maximum absolute atomic E-state index is 5.45. The third kappa shape index (κ3) is 3.30. The van der Waals surface area contributed by atoms with Crippen LogP contribution in [0.4, 0.5) is 0 Å². The number of rotatable bonds is 3. The number of allylic oxidation sites excluding steroid dienone is 2. The highest BCUT2D eigenvalue weighted by molar-refractivity contribution is 5.21. The summed E-state index contributed by atoms with van der Waals surface area (Å²) in [5.74, 6) is 0. The van der Waals surface area contributed by atoms with Gasteiger partial charge in [-0.1, -0.05) is 18.6 Å². The molecule has 0 heterocycles. The second-order valence-corrected chi connectivity index (χ2v) is 2.27. The van der Waals surface area contributed by atoms with Gasteiger partial charge in [0, 0.05) is 6.54 Å². The number of nitrogens with two attached hydrogens (primary N) is 2. The van der Waals surface area contributed by atoms with Crippen molar-refractivity contribution in [2.45, 2.75) is 20.3 Å². The smallest absolute Gasteiger partial charge is 0.0139 e. The topological polar surface area (TPSA) is 52.0 Å². The molecule has 0 saturated carbocycles. The van der Waals surface area contributed by atoms with E-state index in [0.29, 0.717) is 6.54 Å². The lowest BCUT2D eigenvalue weighted by atomic mass is 10.1. The first-order valence-electron chi connectivity index (χ1n) is 3.52. The summed E-state index contributed by atoms with van der Waals surface area (Å²) in [6, 6.07) is 0. The fraction of sp³-hybridized carbons (Fsp3) is 0.500. The molecule has 0 atom stereocenters. The molecule has 0 spiro atoms. The van der Waals surface area contributed by atoms with E-state index in [4.69, 9.17) is 11.5 Å². The Kier molecular flexibility index (Phi) is 4.67. The molecule has 0 aliphatic heterocycles. The molecule has 0 aromatic heterocycles. The minimum absolute atomic E-state index is 0.627. The average Bonchev–Trinajstić information content (AvgIpc) is 1.99. The zero-order valence-corrected chi connectivity index (χ0v) is 6.72. The molecule has 10 heavy (non-hydrogen) atoms. The number of hydrogen-bond acceptors (Lipinski definition) is 2. The monoisotopic (exact) mass is 140 g/mol. The van der Waals surface area contributed by atoms with Gasteiger partial charge in [-0.3, -0.25) is 0 Å². The first kappa shape index (κ1) is 9.24. The zero-order valence-electron chi connectivity index (χ0n) is 6.72. The molecule has 0 bridgehead atoms. The summed E-state index contributed by atoms with van der Waals surface area (Å²) in [4.78, 5) is 0. The quantitative estimate of drug-likeness (QED) is 0.578. The highest BCUT2D eigenvalue weighted by Gasteiger charge is 1.88. The summed E-state index contributed by atoms with van der Waals surface area (Å²) < 4.78 is 0. The van der Waals surface area contributed by atoms with Crippen LogP contribution in [0, 0.1) is 0 Å². The van der Waals surface area contributed by atoms with Gasteiger partial charge in [0.25, 0.3) is 0 Å². The van der Waals surface area contributed by atoms with Crippen LogP contribution in [0.15, 0.2) is 23.4 Å². The van der Waals surface area contributed by atoms with Crippen molar-refractivity contribution in [2.24, 2.45) is 11.5 Å². The van der Waals surface area contributed by atoms with Crippen LogP contribution in [0.1, 0.15) is 20.3 Å². The highest BCUT2D eigenvalue weighted by atomic mass is 14.5. The maximum Gasteiger partial charge on any atom is 0.0139 e. The van der Waals surface area contributed by atoms with Gasteiger partial charge in [0.05, 0.1) is 0 Å². The van der Waals surface area contributed by atoms with Gasteiger partial charge < -0.3 is 11.5 Å². The van der Waals surface area contributed by atoms with E-state index in [2.05, 4.69) is 6.92 Å². The summed E-state index contributed by atoms with van der Waals surface area (Å²) >= 11 is 0. The van der Waals surface area contributed by atoms with Crippen molar-refractivity contribution in [1.29, 1.82) is 0 Å². The van der Waals surface area contributed by atoms with E-state index in [1.165, 1.54) is 5.57 Å². The van der Waals surface area contributed by atoms with Gasteiger partial charge in [-0.2, -0.15) is 0 Å². The van der Waals surface area contributed by atoms with E-state index in [1.807, 2.05) is 13.0 Å². The fourth-order valence-electron chi connectivity index (χ4n) is 0.675. The van der Waals surface area contributed by atoms with Crippen LogP contribution < -0.4 is 11.5 Å². The molecule has 58 valence electrons. The average molecular weight is 140 g/mol. The van der Waals surface area contributed by atoms with Gasteiger partial charge in [-0.05, 0) is 25.1 Å². The zero-order chi connectivity index (χ0) is 7.98. The molecule has 2 heteroatoms. The summed E-state index contributed by atoms with van der Waals surface area (Å²) in [5.41, 5.74) is 13.0. The van der Waals surface area contributed by atoms with Crippen molar-refractivity contribution in [2.75, 3.05) is 6.54 Å². The summed E-state index contributed by atoms with van der Waals surface area (Å²) in [7, 11) is 0. The van der Waals surface area contributed by atoms with Crippen LogP contribution in [0.3, 0.4) is 0 Å². The van der Waals surface area contributed by atoms with Gasteiger partial charge in [-0.25, -0.2) is 0 Å². The van der Waals surface area contributed by atoms with Gasteiger partial charge in [0.1, 0.15) is 0 Å². The van der Waals surface area contributed by atoms with Gasteiger partial charge >= 0.3 is 0 Å². The molecule has 0 unspecified atom stereocenters. The molecule has 0 aromatic rings. The van der Waals surface area contributed by atoms with Crippen molar-refractivity contribution in [3.63, 3.8) is 0 Å². The second kappa shape index (κ2) is 5.06. The van der Waals surface area contributed by atoms with Crippen molar-refractivity contribution >= 4 is 0 Å². The van der Waals surface area contributed by atoms with Crippen molar-refractivity contribution in [1.82, 2.24) is 0 Å². The predicted octanol–water partition coefficient (Wildman–Crippen LogP) is 1.14. The fourth-order valence-corrected chi connectivity index (χ4v) is 0.675. The van der Waals surface area contributed by atoms with E-state index in [1.54, 1.807) is 6.20 Å². The molecule has 0 amide bonds. The van der Waals surface area contributed by atoms with E-state index in [0.717, 1.165) is 12.0 Å². The molecule has 0 aromatic carbocycles. The Morgan fingerprint density at radius 2 is 2.10 bits per heavy atom. The number of hydrogen-bond donors (Lipinski definition) is 2. The normalized spacial score (nSPS) is 13.9. The SMILES string of the molecule is CC/C(=C/C(C)=C\N)CN. The Morgan fingerprint density at radius 3 is 2.40 bits per heavy atom. The third-order valence-corrected chi connectivity index (χ3v) is 1.41. The minimum atomic E-state index is 0.627. The maximum atomic E-state index is 5.45. The molecule has 4 N–H and O–H groups in total. The van der Waals surface area contributed by atoms with Crippen LogP contribution in [-0.4, -0.2) is 6.54 Å². The highest BCUT2D eigenvalue weighted by Crippen LogP contribution is 2.02. The Labute approximate surface area is 62.6 Å². The summed E-state index contributed by atoms with van der Waals surface area (Å²) in [6.07, 6.45) is 4.62. The van der Waals surface area contributed by atoms with Crippen LogP contribution in [0.2, 0.25) is 0 Å². The Hall–Kier alpha value is -0.760. The lowest BCUT2D eigenvalue weighted by Gasteiger charge is -1.98. The molecule has 0 aliphatic carbocycles. The summed E-state index contributed by atoms with van der Waals surface area (Å²) in [6.45, 7) is 4.68. The molecule has 0 radical (unpaired) electrons. The first-order valence-corrected chi connectivity index (χ1v) is 3.52. The largest absolute Gasteiger partial charge is 0.404 e. The second-order valence-electron chi connectivity index (χ2n) is 2.27.